The van der Waals surface area contributed by atoms with Gasteiger partial charge in [0.25, 0.3) is 0 Å². The van der Waals surface area contributed by atoms with Gasteiger partial charge in [-0.25, -0.2) is 9.48 Å². The molecule has 1 aliphatic rings. The molecule has 25 heavy (non-hydrogen) atoms. The molecule has 2 atom stereocenters. The Kier molecular flexibility index (Phi) is 4.21. The number of nitrogens with zero attached hydrogens (tertiary/aromatic N) is 4. The molecule has 0 spiro atoms. The molecule has 10 heteroatoms. The number of fused-ring (bicyclic) bond motifs is 1. The van der Waals surface area contributed by atoms with Gasteiger partial charge in [0, 0.05) is 24.7 Å². The summed E-state index contributed by atoms with van der Waals surface area (Å²) in [5, 5.41) is 10.9. The number of nitrogens with one attached hydrogen (secondary N) is 1. The number of alkyl halides is 3. The van der Waals surface area contributed by atoms with Crippen LogP contribution in [0.1, 0.15) is 47.0 Å². The molecular formula is C15H18F3N5O2. The van der Waals surface area contributed by atoms with E-state index in [4.69, 9.17) is 4.74 Å². The number of carbonyl (C=O) groups excluding carboxylic acids is 1. The maximum absolute atomic E-state index is 13.5. The summed E-state index contributed by atoms with van der Waals surface area (Å²) < 4.78 is 48.0. The highest BCUT2D eigenvalue weighted by Gasteiger charge is 2.47. The quantitative estimate of drug-likeness (QED) is 0.855. The van der Waals surface area contributed by atoms with E-state index < -0.39 is 24.2 Å². The molecule has 0 fully saturated rings. The molecule has 0 saturated carbocycles. The van der Waals surface area contributed by atoms with E-state index in [0.717, 1.165) is 16.6 Å². The Balaban J connectivity index is 2.05. The second-order valence-corrected chi connectivity index (χ2v) is 5.87. The third-order valence-electron chi connectivity index (χ3n) is 4.38. The Morgan fingerprint density at radius 3 is 2.68 bits per heavy atom. The molecule has 0 bridgehead atoms. The number of halogens is 3. The Bertz CT molecular complexity index is 796. The van der Waals surface area contributed by atoms with Crippen LogP contribution in [0.2, 0.25) is 0 Å². The molecule has 0 saturated heterocycles. The van der Waals surface area contributed by atoms with Crippen LogP contribution in [0.5, 0.6) is 0 Å². The summed E-state index contributed by atoms with van der Waals surface area (Å²) in [4.78, 5) is 12.0. The number of hydrogen-bond acceptors (Lipinski definition) is 5. The van der Waals surface area contributed by atoms with E-state index in [2.05, 4.69) is 15.5 Å². The number of aromatic nitrogens is 4. The van der Waals surface area contributed by atoms with E-state index in [0.29, 0.717) is 5.56 Å². The van der Waals surface area contributed by atoms with Crippen LogP contribution < -0.4 is 5.32 Å². The van der Waals surface area contributed by atoms with E-state index in [1.54, 1.807) is 25.6 Å². The molecule has 0 unspecified atom stereocenters. The van der Waals surface area contributed by atoms with Gasteiger partial charge in [-0.3, -0.25) is 4.68 Å². The first-order valence-electron chi connectivity index (χ1n) is 7.80. The fourth-order valence-corrected chi connectivity index (χ4v) is 2.98. The van der Waals surface area contributed by atoms with Gasteiger partial charge in [-0.15, -0.1) is 0 Å². The first-order valence-corrected chi connectivity index (χ1v) is 7.80. The lowest BCUT2D eigenvalue weighted by molar-refractivity contribution is -0.173. The Hall–Kier alpha value is -2.52. The van der Waals surface area contributed by atoms with E-state index in [-0.39, 0.29) is 24.4 Å². The SMILES string of the molecule is CCOC(=O)c1cnn2c1N[C@H](c1cnn(C)c1C)C[C@@H]2C(F)(F)F. The third kappa shape index (κ3) is 2.96. The van der Waals surface area contributed by atoms with Gasteiger partial charge in [-0.1, -0.05) is 0 Å². The number of aryl methyl sites for hydroxylation is 1. The lowest BCUT2D eigenvalue weighted by Gasteiger charge is -2.33. The third-order valence-corrected chi connectivity index (χ3v) is 4.38. The zero-order chi connectivity index (χ0) is 18.4. The standard InChI is InChI=1S/C15H18F3N5O2/c1-4-25-14(24)10-7-20-23-12(15(16,17)18)5-11(21-13(10)23)9-6-19-22(3)8(9)2/h6-7,11-12,21H,4-5H2,1-3H3/t11-,12+/m0/s1. The zero-order valence-corrected chi connectivity index (χ0v) is 14.0. The molecule has 0 aliphatic carbocycles. The predicted molar refractivity (Wildman–Crippen MR) is 82.2 cm³/mol. The second-order valence-electron chi connectivity index (χ2n) is 5.87. The topological polar surface area (TPSA) is 74.0 Å². The summed E-state index contributed by atoms with van der Waals surface area (Å²) in [5.74, 6) is -0.694. The Morgan fingerprint density at radius 2 is 2.12 bits per heavy atom. The van der Waals surface area contributed by atoms with Gasteiger partial charge in [-0.2, -0.15) is 23.4 Å². The van der Waals surface area contributed by atoms with Gasteiger partial charge < -0.3 is 10.1 Å². The number of ether oxygens (including phenoxy) is 1. The second kappa shape index (κ2) is 6.08. The highest BCUT2D eigenvalue weighted by molar-refractivity contribution is 5.94. The van der Waals surface area contributed by atoms with E-state index >= 15 is 0 Å². The van der Waals surface area contributed by atoms with E-state index in [1.807, 2.05) is 0 Å². The molecule has 0 radical (unpaired) electrons. The highest BCUT2D eigenvalue weighted by atomic mass is 19.4. The molecular weight excluding hydrogens is 339 g/mol. The Morgan fingerprint density at radius 1 is 1.40 bits per heavy atom. The monoisotopic (exact) mass is 357 g/mol. The molecule has 0 amide bonds. The van der Waals surface area contributed by atoms with Crippen molar-refractivity contribution in [3.05, 3.63) is 29.2 Å². The van der Waals surface area contributed by atoms with Crippen molar-refractivity contribution in [2.45, 2.75) is 38.5 Å². The maximum atomic E-state index is 13.5. The normalized spacial score (nSPS) is 20.1. The Labute approximate surface area is 141 Å². The minimum atomic E-state index is -4.50. The van der Waals surface area contributed by atoms with Crippen LogP contribution in [-0.2, 0) is 11.8 Å². The van der Waals surface area contributed by atoms with Crippen molar-refractivity contribution < 1.29 is 22.7 Å². The molecule has 7 nitrogen and oxygen atoms in total. The number of esters is 1. The van der Waals surface area contributed by atoms with Crippen LogP contribution in [0.15, 0.2) is 12.4 Å². The predicted octanol–water partition coefficient (Wildman–Crippen LogP) is 2.76. The van der Waals surface area contributed by atoms with Gasteiger partial charge in [-0.05, 0) is 13.8 Å². The fraction of sp³-hybridized carbons (Fsp3) is 0.533. The van der Waals surface area contributed by atoms with Crippen molar-refractivity contribution in [2.24, 2.45) is 7.05 Å². The van der Waals surface area contributed by atoms with Gasteiger partial charge in [0.2, 0.25) is 0 Å². The van der Waals surface area contributed by atoms with Crippen LogP contribution in [0.25, 0.3) is 0 Å². The number of carbonyl (C=O) groups is 1. The number of hydrogen-bond donors (Lipinski definition) is 1. The molecule has 1 N–H and O–H groups in total. The van der Waals surface area contributed by atoms with Crippen molar-refractivity contribution in [1.82, 2.24) is 19.6 Å². The lowest BCUT2D eigenvalue weighted by Crippen LogP contribution is -2.36. The molecule has 2 aromatic rings. The average Bonchev–Trinajstić information content (AvgIpc) is 3.10. The van der Waals surface area contributed by atoms with Crippen LogP contribution in [0.4, 0.5) is 19.0 Å². The molecule has 3 rings (SSSR count). The van der Waals surface area contributed by atoms with Crippen LogP contribution in [0, 0.1) is 6.92 Å². The van der Waals surface area contributed by atoms with Crippen molar-refractivity contribution >= 4 is 11.8 Å². The largest absolute Gasteiger partial charge is 0.462 e. The van der Waals surface area contributed by atoms with Crippen LogP contribution in [-0.4, -0.2) is 38.3 Å². The summed E-state index contributed by atoms with van der Waals surface area (Å²) in [7, 11) is 1.72. The van der Waals surface area contributed by atoms with E-state index in [1.165, 1.54) is 6.20 Å². The van der Waals surface area contributed by atoms with Gasteiger partial charge in [0.15, 0.2) is 6.04 Å². The van der Waals surface area contributed by atoms with Gasteiger partial charge in [0.05, 0.1) is 25.0 Å². The number of rotatable bonds is 3. The summed E-state index contributed by atoms with van der Waals surface area (Å²) in [6, 6.07) is -2.48. The molecule has 2 aromatic heterocycles. The van der Waals surface area contributed by atoms with Crippen LogP contribution >= 0.6 is 0 Å². The molecule has 3 heterocycles. The fourth-order valence-electron chi connectivity index (χ4n) is 2.98. The zero-order valence-electron chi connectivity index (χ0n) is 14.0. The minimum Gasteiger partial charge on any atom is -0.462 e. The lowest BCUT2D eigenvalue weighted by atomic mass is 9.97. The van der Waals surface area contributed by atoms with E-state index in [9.17, 15) is 18.0 Å². The van der Waals surface area contributed by atoms with Gasteiger partial charge in [0.1, 0.15) is 11.4 Å². The average molecular weight is 357 g/mol. The van der Waals surface area contributed by atoms with Crippen LogP contribution in [0.3, 0.4) is 0 Å². The van der Waals surface area contributed by atoms with Crippen molar-refractivity contribution in [2.75, 3.05) is 11.9 Å². The molecule has 0 aromatic carbocycles. The van der Waals surface area contributed by atoms with Crippen molar-refractivity contribution in [1.29, 1.82) is 0 Å². The minimum absolute atomic E-state index is 0.0117. The van der Waals surface area contributed by atoms with Crippen molar-refractivity contribution in [3.8, 4) is 0 Å². The van der Waals surface area contributed by atoms with Gasteiger partial charge >= 0.3 is 12.1 Å². The number of anilines is 1. The molecule has 136 valence electrons. The first kappa shape index (κ1) is 17.3. The molecule has 1 aliphatic heterocycles. The summed E-state index contributed by atoms with van der Waals surface area (Å²) >= 11 is 0. The maximum Gasteiger partial charge on any atom is 0.410 e. The highest BCUT2D eigenvalue weighted by Crippen LogP contribution is 2.44. The van der Waals surface area contributed by atoms with Crippen molar-refractivity contribution in [3.63, 3.8) is 0 Å². The first-order chi connectivity index (χ1) is 11.7. The smallest absolute Gasteiger partial charge is 0.410 e. The summed E-state index contributed by atoms with van der Waals surface area (Å²) in [6.07, 6.45) is -2.09. The summed E-state index contributed by atoms with van der Waals surface area (Å²) in [6.45, 7) is 3.53. The summed E-state index contributed by atoms with van der Waals surface area (Å²) in [5.41, 5.74) is 1.39.